The van der Waals surface area contributed by atoms with Gasteiger partial charge in [0.1, 0.15) is 5.82 Å². The van der Waals surface area contributed by atoms with E-state index in [4.69, 9.17) is 5.11 Å². The predicted octanol–water partition coefficient (Wildman–Crippen LogP) is 1.39. The predicted molar refractivity (Wildman–Crippen MR) is 72.9 cm³/mol. The molecule has 1 aromatic carbocycles. The van der Waals surface area contributed by atoms with Crippen LogP contribution >= 0.6 is 0 Å². The third kappa shape index (κ3) is 5.36. The standard InChI is InChI=1S/C14H19FN2O3/c1-9(2)6-17-13(18)8-16-7-11-5-10(14(19)20)3-4-12(11)15/h3-5,9,16H,6-8H2,1-2H3,(H,17,18)(H,19,20). The highest BCUT2D eigenvalue weighted by Crippen LogP contribution is 2.10. The first kappa shape index (κ1) is 16.1. The lowest BCUT2D eigenvalue weighted by molar-refractivity contribution is -0.120. The zero-order chi connectivity index (χ0) is 15.1. The first-order chi connectivity index (χ1) is 9.40. The molecule has 0 unspecified atom stereocenters. The van der Waals surface area contributed by atoms with Crippen molar-refractivity contribution in [2.24, 2.45) is 5.92 Å². The molecule has 5 nitrogen and oxygen atoms in total. The summed E-state index contributed by atoms with van der Waals surface area (Å²) in [6.07, 6.45) is 0. The zero-order valence-corrected chi connectivity index (χ0v) is 11.6. The molecule has 1 amide bonds. The molecule has 0 aliphatic heterocycles. The van der Waals surface area contributed by atoms with Gasteiger partial charge in [-0.25, -0.2) is 9.18 Å². The molecule has 0 radical (unpaired) electrons. The topological polar surface area (TPSA) is 78.4 Å². The Bertz CT molecular complexity index is 489. The molecule has 3 N–H and O–H groups in total. The van der Waals surface area contributed by atoms with Crippen molar-refractivity contribution in [3.63, 3.8) is 0 Å². The molecule has 0 aliphatic carbocycles. The van der Waals surface area contributed by atoms with Gasteiger partial charge in [-0.05, 0) is 24.1 Å². The summed E-state index contributed by atoms with van der Waals surface area (Å²) in [5, 5.41) is 14.3. The van der Waals surface area contributed by atoms with Gasteiger partial charge in [-0.2, -0.15) is 0 Å². The summed E-state index contributed by atoms with van der Waals surface area (Å²) >= 11 is 0. The number of carboxylic acids is 1. The van der Waals surface area contributed by atoms with Crippen LogP contribution in [0, 0.1) is 11.7 Å². The number of hydrogen-bond acceptors (Lipinski definition) is 3. The maximum absolute atomic E-state index is 13.5. The fraction of sp³-hybridized carbons (Fsp3) is 0.429. The Morgan fingerprint density at radius 2 is 2.05 bits per heavy atom. The van der Waals surface area contributed by atoms with Crippen LogP contribution in [0.5, 0.6) is 0 Å². The first-order valence-corrected chi connectivity index (χ1v) is 6.39. The van der Waals surface area contributed by atoms with Crippen molar-refractivity contribution in [1.82, 2.24) is 10.6 Å². The summed E-state index contributed by atoms with van der Waals surface area (Å²) in [4.78, 5) is 22.2. The normalized spacial score (nSPS) is 10.6. The highest BCUT2D eigenvalue weighted by molar-refractivity contribution is 5.87. The van der Waals surface area contributed by atoms with Crippen LogP contribution in [0.3, 0.4) is 0 Å². The first-order valence-electron chi connectivity index (χ1n) is 6.39. The van der Waals surface area contributed by atoms with Gasteiger partial charge in [0.05, 0.1) is 12.1 Å². The van der Waals surface area contributed by atoms with Crippen LogP contribution in [0.1, 0.15) is 29.8 Å². The highest BCUT2D eigenvalue weighted by Gasteiger charge is 2.09. The molecule has 1 rings (SSSR count). The Morgan fingerprint density at radius 1 is 1.35 bits per heavy atom. The molecule has 0 heterocycles. The van der Waals surface area contributed by atoms with Crippen LogP contribution in [-0.4, -0.2) is 30.1 Å². The smallest absolute Gasteiger partial charge is 0.335 e. The quantitative estimate of drug-likeness (QED) is 0.706. The van der Waals surface area contributed by atoms with E-state index in [2.05, 4.69) is 10.6 Å². The molecule has 6 heteroatoms. The van der Waals surface area contributed by atoms with Crippen molar-refractivity contribution < 1.29 is 19.1 Å². The SMILES string of the molecule is CC(C)CNC(=O)CNCc1cc(C(=O)O)ccc1F. The van der Waals surface area contributed by atoms with Gasteiger partial charge in [0.15, 0.2) is 0 Å². The molecule has 0 spiro atoms. The van der Waals surface area contributed by atoms with E-state index in [0.29, 0.717) is 12.5 Å². The summed E-state index contributed by atoms with van der Waals surface area (Å²) in [5.41, 5.74) is 0.244. The number of carboxylic acid groups (broad SMARTS) is 1. The van der Waals surface area contributed by atoms with Crippen molar-refractivity contribution >= 4 is 11.9 Å². The molecule has 0 saturated carbocycles. The number of carbonyl (C=O) groups excluding carboxylic acids is 1. The van der Waals surface area contributed by atoms with E-state index in [1.807, 2.05) is 13.8 Å². The second-order valence-corrected chi connectivity index (χ2v) is 4.91. The second-order valence-electron chi connectivity index (χ2n) is 4.91. The fourth-order valence-electron chi connectivity index (χ4n) is 1.53. The van der Waals surface area contributed by atoms with Crippen LogP contribution in [0.15, 0.2) is 18.2 Å². The monoisotopic (exact) mass is 282 g/mol. The van der Waals surface area contributed by atoms with Gasteiger partial charge in [0, 0.05) is 18.7 Å². The summed E-state index contributed by atoms with van der Waals surface area (Å²) in [6.45, 7) is 4.72. The summed E-state index contributed by atoms with van der Waals surface area (Å²) < 4.78 is 13.5. The van der Waals surface area contributed by atoms with Crippen LogP contribution in [0.2, 0.25) is 0 Å². The number of hydrogen-bond donors (Lipinski definition) is 3. The number of nitrogens with one attached hydrogen (secondary N) is 2. The minimum absolute atomic E-state index is 0.0208. The lowest BCUT2D eigenvalue weighted by Gasteiger charge is -2.09. The minimum Gasteiger partial charge on any atom is -0.478 e. The van der Waals surface area contributed by atoms with E-state index < -0.39 is 11.8 Å². The Hall–Kier alpha value is -1.95. The zero-order valence-electron chi connectivity index (χ0n) is 11.6. The molecule has 0 aliphatic rings. The van der Waals surface area contributed by atoms with Crippen LogP contribution in [-0.2, 0) is 11.3 Å². The van der Waals surface area contributed by atoms with Crippen molar-refractivity contribution in [3.8, 4) is 0 Å². The second kappa shape index (κ2) is 7.59. The maximum Gasteiger partial charge on any atom is 0.335 e. The van der Waals surface area contributed by atoms with Crippen molar-refractivity contribution in [2.45, 2.75) is 20.4 Å². The van der Waals surface area contributed by atoms with Crippen molar-refractivity contribution in [1.29, 1.82) is 0 Å². The Balaban J connectivity index is 2.47. The number of benzene rings is 1. The lowest BCUT2D eigenvalue weighted by Crippen LogP contribution is -2.35. The molecule has 1 aromatic rings. The summed E-state index contributed by atoms with van der Waals surface area (Å²) in [7, 11) is 0. The Labute approximate surface area is 117 Å². The number of amides is 1. The Kier molecular flexibility index (Phi) is 6.11. The van der Waals surface area contributed by atoms with Crippen LogP contribution < -0.4 is 10.6 Å². The largest absolute Gasteiger partial charge is 0.478 e. The van der Waals surface area contributed by atoms with E-state index in [-0.39, 0.29) is 30.1 Å². The molecule has 0 aromatic heterocycles. The third-order valence-electron chi connectivity index (χ3n) is 2.60. The lowest BCUT2D eigenvalue weighted by atomic mass is 10.1. The van der Waals surface area contributed by atoms with E-state index in [1.165, 1.54) is 12.1 Å². The van der Waals surface area contributed by atoms with Gasteiger partial charge < -0.3 is 15.7 Å². The number of carbonyl (C=O) groups is 2. The van der Waals surface area contributed by atoms with Gasteiger partial charge >= 0.3 is 5.97 Å². The number of aromatic carboxylic acids is 1. The molecule has 0 bridgehead atoms. The molecular weight excluding hydrogens is 263 g/mol. The molecule has 110 valence electrons. The minimum atomic E-state index is -1.11. The Morgan fingerprint density at radius 3 is 2.65 bits per heavy atom. The molecule has 0 fully saturated rings. The average molecular weight is 282 g/mol. The maximum atomic E-state index is 13.5. The summed E-state index contributed by atoms with van der Waals surface area (Å²) in [5.74, 6) is -1.41. The van der Waals surface area contributed by atoms with Gasteiger partial charge in [0.2, 0.25) is 5.91 Å². The fourth-order valence-corrected chi connectivity index (χ4v) is 1.53. The van der Waals surface area contributed by atoms with Crippen LogP contribution in [0.25, 0.3) is 0 Å². The summed E-state index contributed by atoms with van der Waals surface area (Å²) in [6, 6.07) is 3.58. The van der Waals surface area contributed by atoms with Gasteiger partial charge in [-0.15, -0.1) is 0 Å². The van der Waals surface area contributed by atoms with Gasteiger partial charge in [-0.3, -0.25) is 4.79 Å². The number of rotatable bonds is 7. The molecule has 0 atom stereocenters. The van der Waals surface area contributed by atoms with Gasteiger partial charge in [-0.1, -0.05) is 13.8 Å². The van der Waals surface area contributed by atoms with E-state index in [1.54, 1.807) is 0 Å². The highest BCUT2D eigenvalue weighted by atomic mass is 19.1. The van der Waals surface area contributed by atoms with Crippen molar-refractivity contribution in [2.75, 3.05) is 13.1 Å². The van der Waals surface area contributed by atoms with Crippen LogP contribution in [0.4, 0.5) is 4.39 Å². The van der Waals surface area contributed by atoms with E-state index in [0.717, 1.165) is 6.07 Å². The van der Waals surface area contributed by atoms with Gasteiger partial charge in [0.25, 0.3) is 0 Å². The van der Waals surface area contributed by atoms with Crippen molar-refractivity contribution in [3.05, 3.63) is 35.1 Å². The third-order valence-corrected chi connectivity index (χ3v) is 2.60. The van der Waals surface area contributed by atoms with E-state index in [9.17, 15) is 14.0 Å². The number of halogens is 1. The molecule has 0 saturated heterocycles. The molecule has 20 heavy (non-hydrogen) atoms. The molecular formula is C14H19FN2O3. The van der Waals surface area contributed by atoms with E-state index >= 15 is 0 Å². The average Bonchev–Trinajstić information content (AvgIpc) is 2.38.